The lowest BCUT2D eigenvalue weighted by Crippen LogP contribution is -2.47. The lowest BCUT2D eigenvalue weighted by atomic mass is 9.52. The molecule has 0 aromatic heterocycles. The Morgan fingerprint density at radius 1 is 1.10 bits per heavy atom. The van der Waals surface area contributed by atoms with Crippen LogP contribution in [0.2, 0.25) is 0 Å². The van der Waals surface area contributed by atoms with Gasteiger partial charge in [-0.2, -0.15) is 0 Å². The van der Waals surface area contributed by atoms with Gasteiger partial charge in [-0.1, -0.05) is 12.5 Å². The normalized spacial score (nSPS) is 51.0. The van der Waals surface area contributed by atoms with Crippen LogP contribution in [0, 0.1) is 29.1 Å². The smallest absolute Gasteiger partial charge is 0.155 e. The van der Waals surface area contributed by atoms with Crippen LogP contribution in [-0.4, -0.2) is 17.0 Å². The minimum Gasteiger partial charge on any atom is -0.393 e. The van der Waals surface area contributed by atoms with Crippen molar-refractivity contribution in [3.05, 3.63) is 11.6 Å². The zero-order chi connectivity index (χ0) is 13.9. The molecule has 3 fully saturated rings. The molecule has 0 bridgehead atoms. The third-order valence-corrected chi connectivity index (χ3v) is 7.25. The molecule has 4 rings (SSSR count). The molecule has 4 aliphatic rings. The molecule has 0 aliphatic heterocycles. The third-order valence-electron chi connectivity index (χ3n) is 7.25. The number of allylic oxidation sites excluding steroid dienone is 1. The molecule has 0 amide bonds. The monoisotopic (exact) mass is 274 g/mol. The molecule has 20 heavy (non-hydrogen) atoms. The number of carbonyl (C=O) groups is 1. The Morgan fingerprint density at radius 2 is 1.95 bits per heavy atom. The second kappa shape index (κ2) is 4.43. The van der Waals surface area contributed by atoms with Crippen molar-refractivity contribution in [2.45, 2.75) is 64.4 Å². The molecule has 0 aromatic carbocycles. The highest BCUT2D eigenvalue weighted by Crippen LogP contribution is 2.61. The van der Waals surface area contributed by atoms with Crippen molar-refractivity contribution in [3.63, 3.8) is 0 Å². The maximum atomic E-state index is 11.6. The first-order valence-corrected chi connectivity index (χ1v) is 8.51. The molecule has 2 nitrogen and oxygen atoms in total. The van der Waals surface area contributed by atoms with Crippen LogP contribution in [0.1, 0.15) is 58.3 Å². The SMILES string of the molecule is C[C@]12CC[C@@H]3[C@@H](CCC4=CC(=O)CC[C@@H]43)[C@H]1CC[C@H]2O. The van der Waals surface area contributed by atoms with Gasteiger partial charge in [0, 0.05) is 6.42 Å². The van der Waals surface area contributed by atoms with E-state index in [1.807, 2.05) is 6.08 Å². The fourth-order valence-corrected chi connectivity index (χ4v) is 6.15. The van der Waals surface area contributed by atoms with Crippen LogP contribution in [0.25, 0.3) is 0 Å². The van der Waals surface area contributed by atoms with E-state index in [1.54, 1.807) is 0 Å². The van der Waals surface area contributed by atoms with Crippen molar-refractivity contribution in [2.75, 3.05) is 0 Å². The lowest BCUT2D eigenvalue weighted by Gasteiger charge is -2.53. The quantitative estimate of drug-likeness (QED) is 0.734. The molecule has 2 heteroatoms. The molecule has 0 aromatic rings. The second-order valence-electron chi connectivity index (χ2n) is 7.94. The van der Waals surface area contributed by atoms with E-state index in [0.29, 0.717) is 11.7 Å². The minimum atomic E-state index is -0.0710. The average molecular weight is 274 g/mol. The lowest BCUT2D eigenvalue weighted by molar-refractivity contribution is -0.116. The Hall–Kier alpha value is -0.630. The summed E-state index contributed by atoms with van der Waals surface area (Å²) < 4.78 is 0. The molecule has 0 unspecified atom stereocenters. The summed E-state index contributed by atoms with van der Waals surface area (Å²) in [6, 6.07) is 0. The standard InChI is InChI=1S/C18H26O2/c1-18-9-8-14-13-5-3-12(19)10-11(13)2-4-15(14)16(18)6-7-17(18)20/h10,13-17,20H,2-9H2,1H3/t13-,14-,15+,16+,17+,18-/m0/s1. The van der Waals surface area contributed by atoms with Crippen LogP contribution in [0.5, 0.6) is 0 Å². The molecule has 0 saturated heterocycles. The van der Waals surface area contributed by atoms with Crippen molar-refractivity contribution < 1.29 is 9.90 Å². The highest BCUT2D eigenvalue weighted by molar-refractivity contribution is 5.91. The molecule has 6 atom stereocenters. The summed E-state index contributed by atoms with van der Waals surface area (Å²) in [6.07, 6.45) is 10.9. The van der Waals surface area contributed by atoms with Gasteiger partial charge in [-0.3, -0.25) is 4.79 Å². The number of rotatable bonds is 0. The molecular weight excluding hydrogens is 248 g/mol. The van der Waals surface area contributed by atoms with Crippen LogP contribution in [0.4, 0.5) is 0 Å². The van der Waals surface area contributed by atoms with E-state index in [1.165, 1.54) is 31.3 Å². The zero-order valence-corrected chi connectivity index (χ0v) is 12.5. The maximum Gasteiger partial charge on any atom is 0.155 e. The van der Waals surface area contributed by atoms with Crippen LogP contribution >= 0.6 is 0 Å². The fraction of sp³-hybridized carbons (Fsp3) is 0.833. The summed E-state index contributed by atoms with van der Waals surface area (Å²) in [5, 5.41) is 10.4. The fourth-order valence-electron chi connectivity index (χ4n) is 6.15. The summed E-state index contributed by atoms with van der Waals surface area (Å²) in [7, 11) is 0. The molecule has 0 heterocycles. The van der Waals surface area contributed by atoms with Gasteiger partial charge in [0.2, 0.25) is 0 Å². The van der Waals surface area contributed by atoms with Gasteiger partial charge in [0.1, 0.15) is 0 Å². The number of fused-ring (bicyclic) bond motifs is 5. The zero-order valence-electron chi connectivity index (χ0n) is 12.5. The van der Waals surface area contributed by atoms with Gasteiger partial charge in [0.15, 0.2) is 5.78 Å². The molecular formula is C18H26O2. The van der Waals surface area contributed by atoms with E-state index in [4.69, 9.17) is 0 Å². The molecule has 0 spiro atoms. The van der Waals surface area contributed by atoms with Gasteiger partial charge < -0.3 is 5.11 Å². The van der Waals surface area contributed by atoms with Gasteiger partial charge >= 0.3 is 0 Å². The van der Waals surface area contributed by atoms with Crippen LogP contribution in [0.15, 0.2) is 11.6 Å². The van der Waals surface area contributed by atoms with E-state index in [-0.39, 0.29) is 11.5 Å². The summed E-state index contributed by atoms with van der Waals surface area (Å²) in [5.41, 5.74) is 1.65. The van der Waals surface area contributed by atoms with Crippen LogP contribution in [0.3, 0.4) is 0 Å². The summed E-state index contributed by atoms with van der Waals surface area (Å²) >= 11 is 0. The molecule has 3 saturated carbocycles. The maximum absolute atomic E-state index is 11.6. The summed E-state index contributed by atoms with van der Waals surface area (Å²) in [5.74, 6) is 3.38. The predicted molar refractivity (Wildman–Crippen MR) is 78.1 cm³/mol. The third kappa shape index (κ3) is 1.70. The van der Waals surface area contributed by atoms with Gasteiger partial charge in [-0.15, -0.1) is 0 Å². The van der Waals surface area contributed by atoms with Gasteiger partial charge in [0.05, 0.1) is 6.10 Å². The Morgan fingerprint density at radius 3 is 2.80 bits per heavy atom. The van der Waals surface area contributed by atoms with E-state index in [0.717, 1.165) is 43.4 Å². The Kier molecular flexibility index (Phi) is 2.89. The largest absolute Gasteiger partial charge is 0.393 e. The summed E-state index contributed by atoms with van der Waals surface area (Å²) in [6.45, 7) is 2.33. The second-order valence-corrected chi connectivity index (χ2v) is 7.94. The number of hydrogen-bond donors (Lipinski definition) is 1. The van der Waals surface area contributed by atoms with E-state index in [9.17, 15) is 9.90 Å². The van der Waals surface area contributed by atoms with E-state index in [2.05, 4.69) is 6.92 Å². The minimum absolute atomic E-state index is 0.0710. The van der Waals surface area contributed by atoms with Crippen molar-refractivity contribution in [1.82, 2.24) is 0 Å². The molecule has 4 aliphatic carbocycles. The number of ketones is 1. The van der Waals surface area contributed by atoms with Crippen molar-refractivity contribution in [3.8, 4) is 0 Å². The summed E-state index contributed by atoms with van der Waals surface area (Å²) in [4.78, 5) is 11.6. The highest BCUT2D eigenvalue weighted by atomic mass is 16.3. The topological polar surface area (TPSA) is 37.3 Å². The van der Waals surface area contributed by atoms with Crippen molar-refractivity contribution >= 4 is 5.78 Å². The Labute approximate surface area is 121 Å². The Balaban J connectivity index is 1.63. The molecule has 110 valence electrons. The van der Waals surface area contributed by atoms with E-state index < -0.39 is 0 Å². The van der Waals surface area contributed by atoms with Gasteiger partial charge in [-0.25, -0.2) is 0 Å². The van der Waals surface area contributed by atoms with Crippen LogP contribution < -0.4 is 0 Å². The predicted octanol–water partition coefficient (Wildman–Crippen LogP) is 3.49. The number of hydrogen-bond acceptors (Lipinski definition) is 2. The number of aliphatic hydroxyl groups is 1. The van der Waals surface area contributed by atoms with Crippen molar-refractivity contribution in [1.29, 1.82) is 0 Å². The highest BCUT2D eigenvalue weighted by Gasteiger charge is 2.55. The first kappa shape index (κ1) is 13.1. The first-order valence-electron chi connectivity index (χ1n) is 8.51. The first-order chi connectivity index (χ1) is 9.59. The number of carbonyl (C=O) groups excluding carboxylic acids is 1. The van der Waals surface area contributed by atoms with Gasteiger partial charge in [0.25, 0.3) is 0 Å². The van der Waals surface area contributed by atoms with Gasteiger partial charge in [-0.05, 0) is 80.1 Å². The average Bonchev–Trinajstić information content (AvgIpc) is 2.74. The Bertz CT molecular complexity index is 466. The van der Waals surface area contributed by atoms with Crippen molar-refractivity contribution in [2.24, 2.45) is 29.1 Å². The molecule has 0 radical (unpaired) electrons. The van der Waals surface area contributed by atoms with Crippen LogP contribution in [-0.2, 0) is 4.79 Å². The molecule has 1 N–H and O–H groups in total. The van der Waals surface area contributed by atoms with E-state index >= 15 is 0 Å². The number of aliphatic hydroxyl groups excluding tert-OH is 1.